The monoisotopic (exact) mass is 355 g/mol. The van der Waals surface area contributed by atoms with Crippen LogP contribution in [0.15, 0.2) is 24.4 Å². The third-order valence-electron chi connectivity index (χ3n) is 6.03. The molecule has 2 aromatic rings. The van der Waals surface area contributed by atoms with Crippen LogP contribution in [0.1, 0.15) is 44.1 Å². The lowest BCUT2D eigenvalue weighted by atomic mass is 9.92. The molecule has 0 radical (unpaired) electrons. The molecule has 26 heavy (non-hydrogen) atoms. The minimum atomic E-state index is 0.359. The number of hydrogen-bond acceptors (Lipinski definition) is 3. The zero-order chi connectivity index (χ0) is 17.8. The summed E-state index contributed by atoms with van der Waals surface area (Å²) in [5.41, 5.74) is 2.48. The van der Waals surface area contributed by atoms with Gasteiger partial charge in [-0.05, 0) is 68.1 Å². The van der Waals surface area contributed by atoms with Gasteiger partial charge in [0.15, 0.2) is 0 Å². The second kappa shape index (κ2) is 8.21. The van der Waals surface area contributed by atoms with Crippen LogP contribution in [0.3, 0.4) is 0 Å². The van der Waals surface area contributed by atoms with Crippen LogP contribution in [0.4, 0.5) is 0 Å². The topological polar surface area (TPSA) is 58.2 Å². The van der Waals surface area contributed by atoms with Gasteiger partial charge in [0.25, 0.3) is 0 Å². The van der Waals surface area contributed by atoms with Gasteiger partial charge < -0.3 is 9.64 Å². The van der Waals surface area contributed by atoms with Crippen molar-refractivity contribution >= 4 is 16.8 Å². The molecule has 5 nitrogen and oxygen atoms in total. The third-order valence-corrected chi connectivity index (χ3v) is 6.03. The molecule has 0 aliphatic carbocycles. The van der Waals surface area contributed by atoms with Crippen molar-refractivity contribution in [1.82, 2.24) is 15.1 Å². The minimum absolute atomic E-state index is 0.359. The van der Waals surface area contributed by atoms with Gasteiger partial charge in [0.1, 0.15) is 0 Å². The van der Waals surface area contributed by atoms with Gasteiger partial charge in [-0.15, -0.1) is 0 Å². The number of rotatable bonds is 4. The second-order valence-corrected chi connectivity index (χ2v) is 7.93. The highest BCUT2D eigenvalue weighted by molar-refractivity contribution is 5.78. The van der Waals surface area contributed by atoms with E-state index >= 15 is 0 Å². The predicted molar refractivity (Wildman–Crippen MR) is 102 cm³/mol. The summed E-state index contributed by atoms with van der Waals surface area (Å²) in [4.78, 5) is 14.8. The van der Waals surface area contributed by atoms with Crippen molar-refractivity contribution in [3.05, 3.63) is 30.0 Å². The largest absolute Gasteiger partial charge is 0.381 e. The van der Waals surface area contributed by atoms with Crippen molar-refractivity contribution in [3.8, 4) is 0 Å². The zero-order valence-electron chi connectivity index (χ0n) is 15.5. The maximum Gasteiger partial charge on any atom is 0.222 e. The molecule has 4 rings (SSSR count). The molecule has 0 spiro atoms. The van der Waals surface area contributed by atoms with Crippen LogP contribution in [0.2, 0.25) is 0 Å². The van der Waals surface area contributed by atoms with E-state index in [4.69, 9.17) is 4.74 Å². The highest BCUT2D eigenvalue weighted by Crippen LogP contribution is 2.25. The first kappa shape index (κ1) is 17.5. The number of aromatic amines is 1. The van der Waals surface area contributed by atoms with Gasteiger partial charge in [0.2, 0.25) is 5.91 Å². The van der Waals surface area contributed by atoms with Crippen molar-refractivity contribution in [3.63, 3.8) is 0 Å². The van der Waals surface area contributed by atoms with E-state index in [2.05, 4.69) is 33.3 Å². The van der Waals surface area contributed by atoms with Crippen molar-refractivity contribution < 1.29 is 9.53 Å². The van der Waals surface area contributed by atoms with Crippen LogP contribution >= 0.6 is 0 Å². The number of carbonyl (C=O) groups excluding carboxylic acids is 1. The second-order valence-electron chi connectivity index (χ2n) is 7.93. The van der Waals surface area contributed by atoms with Crippen molar-refractivity contribution in [1.29, 1.82) is 0 Å². The number of likely N-dealkylation sites (tertiary alicyclic amines) is 1. The van der Waals surface area contributed by atoms with Crippen LogP contribution in [-0.2, 0) is 16.0 Å². The van der Waals surface area contributed by atoms with Gasteiger partial charge in [-0.2, -0.15) is 5.10 Å². The summed E-state index contributed by atoms with van der Waals surface area (Å²) < 4.78 is 5.41. The lowest BCUT2D eigenvalue weighted by Gasteiger charge is -2.26. The van der Waals surface area contributed by atoms with Gasteiger partial charge >= 0.3 is 0 Å². The average Bonchev–Trinajstić information content (AvgIpc) is 3.00. The first-order valence-electron chi connectivity index (χ1n) is 10.1. The third kappa shape index (κ3) is 4.26. The summed E-state index contributed by atoms with van der Waals surface area (Å²) in [5, 5.41) is 8.30. The summed E-state index contributed by atoms with van der Waals surface area (Å²) in [6, 6.07) is 6.58. The normalized spacial score (nSPS) is 22.5. The van der Waals surface area contributed by atoms with Crippen molar-refractivity contribution in [2.75, 3.05) is 26.3 Å². The molecule has 1 N–H and O–H groups in total. The number of nitrogens with one attached hydrogen (secondary N) is 1. The predicted octanol–water partition coefficient (Wildman–Crippen LogP) is 3.55. The molecule has 0 bridgehead atoms. The first-order chi connectivity index (χ1) is 12.8. The van der Waals surface area contributed by atoms with Gasteiger partial charge in [-0.25, -0.2) is 0 Å². The number of fused-ring (bicyclic) bond motifs is 1. The molecule has 2 fully saturated rings. The average molecular weight is 355 g/mol. The highest BCUT2D eigenvalue weighted by Gasteiger charge is 2.24. The quantitative estimate of drug-likeness (QED) is 0.912. The van der Waals surface area contributed by atoms with Crippen molar-refractivity contribution in [2.45, 2.75) is 44.9 Å². The van der Waals surface area contributed by atoms with Crippen LogP contribution in [0.25, 0.3) is 10.9 Å². The Morgan fingerprint density at radius 3 is 2.92 bits per heavy atom. The molecule has 0 unspecified atom stereocenters. The number of aromatic nitrogens is 2. The number of amides is 1. The summed E-state index contributed by atoms with van der Waals surface area (Å²) >= 11 is 0. The smallest absolute Gasteiger partial charge is 0.222 e. The molecule has 1 atom stereocenters. The van der Waals surface area contributed by atoms with Crippen LogP contribution < -0.4 is 0 Å². The standard InChI is InChI=1S/C21H29N3O2/c25-21(14-17-6-10-26-11-7-17)24-8-1-2-16(5-9-24)12-18-3-4-20-19(13-18)15-22-23-20/h3-4,13,15-17H,1-2,5-12,14H2,(H,22,23)/t16-/m1/s1. The molecule has 2 aliphatic heterocycles. The molecule has 140 valence electrons. The summed E-state index contributed by atoms with van der Waals surface area (Å²) in [6.45, 7) is 3.49. The summed E-state index contributed by atoms with van der Waals surface area (Å²) in [7, 11) is 0. The van der Waals surface area contributed by atoms with Gasteiger partial charge in [-0.3, -0.25) is 9.89 Å². The maximum absolute atomic E-state index is 12.7. The SMILES string of the molecule is O=C(CC1CCOCC1)N1CCC[C@@H](Cc2ccc3[nH]ncc3c2)CC1. The number of nitrogens with zero attached hydrogens (tertiary/aromatic N) is 2. The fourth-order valence-corrected chi connectivity index (χ4v) is 4.40. The van der Waals surface area contributed by atoms with Crippen LogP contribution in [-0.4, -0.2) is 47.3 Å². The Labute approximate surface area is 155 Å². The van der Waals surface area contributed by atoms with E-state index in [-0.39, 0.29) is 0 Å². The Morgan fingerprint density at radius 1 is 1.15 bits per heavy atom. The van der Waals surface area contributed by atoms with E-state index in [1.165, 1.54) is 17.4 Å². The molecular weight excluding hydrogens is 326 g/mol. The number of hydrogen-bond donors (Lipinski definition) is 1. The van der Waals surface area contributed by atoms with E-state index in [0.717, 1.165) is 63.9 Å². The Bertz CT molecular complexity index is 736. The van der Waals surface area contributed by atoms with E-state index < -0.39 is 0 Å². The van der Waals surface area contributed by atoms with Crippen molar-refractivity contribution in [2.24, 2.45) is 11.8 Å². The maximum atomic E-state index is 12.7. The Kier molecular flexibility index (Phi) is 5.54. The molecule has 5 heteroatoms. The molecule has 1 amide bonds. The summed E-state index contributed by atoms with van der Waals surface area (Å²) in [5.74, 6) is 1.55. The number of benzene rings is 1. The zero-order valence-corrected chi connectivity index (χ0v) is 15.5. The molecule has 2 saturated heterocycles. The van der Waals surface area contributed by atoms with Crippen LogP contribution in [0.5, 0.6) is 0 Å². The fraction of sp³-hybridized carbons (Fsp3) is 0.619. The van der Waals surface area contributed by atoms with Gasteiger partial charge in [-0.1, -0.05) is 6.07 Å². The van der Waals surface area contributed by atoms with E-state index in [1.54, 1.807) is 0 Å². The van der Waals surface area contributed by atoms with E-state index in [1.807, 2.05) is 6.20 Å². The number of carbonyl (C=O) groups is 1. The molecule has 0 saturated carbocycles. The fourth-order valence-electron chi connectivity index (χ4n) is 4.40. The Morgan fingerprint density at radius 2 is 2.04 bits per heavy atom. The van der Waals surface area contributed by atoms with Gasteiger partial charge in [0, 0.05) is 38.1 Å². The molecule has 1 aromatic carbocycles. The molecule has 3 heterocycles. The molecule has 1 aromatic heterocycles. The van der Waals surface area contributed by atoms with Crippen LogP contribution in [0, 0.1) is 11.8 Å². The van der Waals surface area contributed by atoms with E-state index in [9.17, 15) is 4.79 Å². The Hall–Kier alpha value is -1.88. The molecule has 2 aliphatic rings. The lowest BCUT2D eigenvalue weighted by Crippen LogP contribution is -2.34. The number of ether oxygens (including phenoxy) is 1. The van der Waals surface area contributed by atoms with E-state index in [0.29, 0.717) is 24.2 Å². The molecular formula is C21H29N3O2. The number of H-pyrrole nitrogens is 1. The minimum Gasteiger partial charge on any atom is -0.381 e. The Balaban J connectivity index is 1.30. The lowest BCUT2D eigenvalue weighted by molar-refractivity contribution is -0.132. The summed E-state index contributed by atoms with van der Waals surface area (Å²) in [6.07, 6.45) is 9.24. The van der Waals surface area contributed by atoms with Gasteiger partial charge in [0.05, 0.1) is 11.7 Å². The highest BCUT2D eigenvalue weighted by atomic mass is 16.5. The first-order valence-corrected chi connectivity index (χ1v) is 10.1.